The van der Waals surface area contributed by atoms with Crippen LogP contribution in [0.1, 0.15) is 43.3 Å². The van der Waals surface area contributed by atoms with Gasteiger partial charge in [-0.25, -0.2) is 4.98 Å². The summed E-state index contributed by atoms with van der Waals surface area (Å²) in [7, 11) is 0. The molecule has 1 atom stereocenters. The van der Waals surface area contributed by atoms with E-state index in [1.54, 1.807) is 0 Å². The van der Waals surface area contributed by atoms with Crippen molar-refractivity contribution in [3.05, 3.63) is 50.7 Å². The Morgan fingerprint density at radius 2 is 2.04 bits per heavy atom. The summed E-state index contributed by atoms with van der Waals surface area (Å²) in [5, 5.41) is 3.01. The zero-order valence-corrected chi connectivity index (χ0v) is 14.5. The number of hydrogen-bond acceptors (Lipinski definition) is 3. The number of benzene rings is 1. The molecule has 1 aromatic carbocycles. The summed E-state index contributed by atoms with van der Waals surface area (Å²) >= 11 is 5.99. The highest BCUT2D eigenvalue weighted by molar-refractivity contribution is 6.30. The third-order valence-electron chi connectivity index (χ3n) is 4.53. The Morgan fingerprint density at radius 1 is 1.32 bits per heavy atom. The topological polar surface area (TPSA) is 57.8 Å². The number of H-pyrrole nitrogens is 1. The Balaban J connectivity index is 2.43. The van der Waals surface area contributed by atoms with Gasteiger partial charge >= 0.3 is 6.18 Å². The molecule has 2 heterocycles. The van der Waals surface area contributed by atoms with E-state index in [0.29, 0.717) is 12.8 Å². The van der Waals surface area contributed by atoms with E-state index in [-0.39, 0.29) is 39.9 Å². The van der Waals surface area contributed by atoms with Gasteiger partial charge in [0, 0.05) is 10.7 Å². The molecule has 1 aromatic heterocycles. The smallest absolute Gasteiger partial charge is 0.349 e. The zero-order chi connectivity index (χ0) is 18.4. The van der Waals surface area contributed by atoms with E-state index < -0.39 is 17.2 Å². The highest BCUT2D eigenvalue weighted by Crippen LogP contribution is 2.55. The van der Waals surface area contributed by atoms with Crippen molar-refractivity contribution < 1.29 is 13.2 Å². The molecule has 2 N–H and O–H groups in total. The normalized spacial score (nSPS) is 19.1. The number of anilines is 2. The van der Waals surface area contributed by atoms with Crippen molar-refractivity contribution in [1.29, 1.82) is 0 Å². The first-order valence-corrected chi connectivity index (χ1v) is 8.33. The predicted octanol–water partition coefficient (Wildman–Crippen LogP) is 4.83. The number of aryl methyl sites for hydroxylation is 1. The van der Waals surface area contributed by atoms with Crippen molar-refractivity contribution in [3.8, 4) is 0 Å². The van der Waals surface area contributed by atoms with Crippen molar-refractivity contribution >= 4 is 23.0 Å². The van der Waals surface area contributed by atoms with E-state index in [4.69, 9.17) is 11.6 Å². The minimum absolute atomic E-state index is 0.00551. The largest absolute Gasteiger partial charge is 0.404 e. The van der Waals surface area contributed by atoms with Gasteiger partial charge in [-0.3, -0.25) is 4.79 Å². The molecular weight excluding hydrogens is 355 g/mol. The summed E-state index contributed by atoms with van der Waals surface area (Å²) in [6.07, 6.45) is -3.92. The van der Waals surface area contributed by atoms with Crippen molar-refractivity contribution in [2.45, 2.75) is 44.7 Å². The second kappa shape index (κ2) is 6.05. The molecule has 0 amide bonds. The molecule has 1 unspecified atom stereocenters. The Hall–Kier alpha value is -2.02. The number of halogens is 4. The van der Waals surface area contributed by atoms with Crippen LogP contribution >= 0.6 is 11.6 Å². The second-order valence-electron chi connectivity index (χ2n) is 6.20. The summed E-state index contributed by atoms with van der Waals surface area (Å²) in [5.41, 5.74) is -3.21. The number of rotatable bonds is 3. The molecule has 0 saturated heterocycles. The second-order valence-corrected chi connectivity index (χ2v) is 6.63. The lowest BCUT2D eigenvalue weighted by molar-refractivity contribution is -0.181. The molecule has 1 aliphatic rings. The number of nitrogens with one attached hydrogen (secondary N) is 2. The fourth-order valence-corrected chi connectivity index (χ4v) is 3.55. The van der Waals surface area contributed by atoms with Gasteiger partial charge < -0.3 is 10.3 Å². The zero-order valence-electron chi connectivity index (χ0n) is 13.7. The lowest BCUT2D eigenvalue weighted by Crippen LogP contribution is -2.48. The van der Waals surface area contributed by atoms with Gasteiger partial charge in [0.05, 0.1) is 5.69 Å². The lowest BCUT2D eigenvalue weighted by Gasteiger charge is -2.41. The molecule has 0 saturated carbocycles. The Morgan fingerprint density at radius 3 is 2.68 bits per heavy atom. The molecule has 134 valence electrons. The van der Waals surface area contributed by atoms with Gasteiger partial charge in [0.1, 0.15) is 16.9 Å². The van der Waals surface area contributed by atoms with Crippen molar-refractivity contribution in [2.24, 2.45) is 0 Å². The first kappa shape index (κ1) is 17.8. The molecule has 1 aliphatic heterocycles. The Bertz CT molecular complexity index is 878. The van der Waals surface area contributed by atoms with Gasteiger partial charge in [0.2, 0.25) is 0 Å². The van der Waals surface area contributed by atoms with Crippen molar-refractivity contribution in [3.63, 3.8) is 0 Å². The average Bonchev–Trinajstić information content (AvgIpc) is 2.51. The van der Waals surface area contributed by atoms with Gasteiger partial charge in [0.25, 0.3) is 5.56 Å². The first-order chi connectivity index (χ1) is 11.7. The minimum atomic E-state index is -4.63. The van der Waals surface area contributed by atoms with Gasteiger partial charge in [0.15, 0.2) is 0 Å². The summed E-state index contributed by atoms with van der Waals surface area (Å²) in [6, 6.07) is 4.27. The predicted molar refractivity (Wildman–Crippen MR) is 90.7 cm³/mol. The summed E-state index contributed by atoms with van der Waals surface area (Å²) in [4.78, 5) is 18.9. The number of hydrogen-bond donors (Lipinski definition) is 2. The van der Waals surface area contributed by atoms with Crippen LogP contribution in [0.4, 0.5) is 24.5 Å². The van der Waals surface area contributed by atoms with E-state index in [0.717, 1.165) is 0 Å². The maximum absolute atomic E-state index is 14.4. The summed E-state index contributed by atoms with van der Waals surface area (Å²) in [6.45, 7) is 3.29. The third kappa shape index (κ3) is 2.70. The van der Waals surface area contributed by atoms with E-state index in [1.165, 1.54) is 25.1 Å². The number of aromatic amines is 1. The van der Waals surface area contributed by atoms with Crippen molar-refractivity contribution in [1.82, 2.24) is 9.97 Å². The summed E-state index contributed by atoms with van der Waals surface area (Å²) in [5.74, 6) is 0.140. The quantitative estimate of drug-likeness (QED) is 0.812. The number of nitrogens with zero attached hydrogens (tertiary/aromatic N) is 1. The van der Waals surface area contributed by atoms with Crippen LogP contribution in [0.3, 0.4) is 0 Å². The molecular formula is C17H17ClF3N3O. The highest BCUT2D eigenvalue weighted by Gasteiger charge is 2.61. The Kier molecular flexibility index (Phi) is 4.31. The minimum Gasteiger partial charge on any atom is -0.349 e. The fourth-order valence-electron chi connectivity index (χ4n) is 3.38. The van der Waals surface area contributed by atoms with Gasteiger partial charge in [-0.2, -0.15) is 13.2 Å². The van der Waals surface area contributed by atoms with E-state index >= 15 is 0 Å². The maximum atomic E-state index is 14.4. The third-order valence-corrected chi connectivity index (χ3v) is 4.77. The van der Waals surface area contributed by atoms with Crippen LogP contribution in [0.2, 0.25) is 5.02 Å². The SMILES string of the molecule is CCCCC1(C(F)(F)F)c2cc(Cl)ccc2Nc2c1nc(C)[nH]c2=O. The number of unbranched alkanes of at least 4 members (excludes halogenated alkanes) is 1. The molecule has 0 fully saturated rings. The van der Waals surface area contributed by atoms with Crippen LogP contribution in [-0.4, -0.2) is 16.1 Å². The average molecular weight is 372 g/mol. The van der Waals surface area contributed by atoms with Crippen LogP contribution in [0.25, 0.3) is 0 Å². The van der Waals surface area contributed by atoms with Crippen LogP contribution in [0.5, 0.6) is 0 Å². The molecule has 2 aromatic rings. The highest BCUT2D eigenvalue weighted by atomic mass is 35.5. The monoisotopic (exact) mass is 371 g/mol. The maximum Gasteiger partial charge on any atom is 0.404 e. The van der Waals surface area contributed by atoms with Crippen LogP contribution in [0.15, 0.2) is 23.0 Å². The van der Waals surface area contributed by atoms with Crippen LogP contribution in [0, 0.1) is 6.92 Å². The molecule has 8 heteroatoms. The Labute approximate surface area is 147 Å². The number of fused-ring (bicyclic) bond motifs is 2. The molecule has 25 heavy (non-hydrogen) atoms. The van der Waals surface area contributed by atoms with E-state index in [1.807, 2.05) is 6.92 Å². The molecule has 4 nitrogen and oxygen atoms in total. The first-order valence-electron chi connectivity index (χ1n) is 7.96. The molecule has 0 radical (unpaired) electrons. The fraction of sp³-hybridized carbons (Fsp3) is 0.412. The molecule has 3 rings (SSSR count). The van der Waals surface area contributed by atoms with Gasteiger partial charge in [-0.15, -0.1) is 0 Å². The lowest BCUT2D eigenvalue weighted by atomic mass is 9.70. The molecule has 0 aliphatic carbocycles. The number of aromatic nitrogens is 2. The van der Waals surface area contributed by atoms with Gasteiger partial charge in [-0.05, 0) is 37.1 Å². The van der Waals surface area contributed by atoms with Crippen LogP contribution in [-0.2, 0) is 5.41 Å². The van der Waals surface area contributed by atoms with E-state index in [9.17, 15) is 18.0 Å². The van der Waals surface area contributed by atoms with Crippen molar-refractivity contribution in [2.75, 3.05) is 5.32 Å². The van der Waals surface area contributed by atoms with Gasteiger partial charge in [-0.1, -0.05) is 31.4 Å². The molecule has 0 spiro atoms. The standard InChI is InChI=1S/C17H17ClF3N3O/c1-3-4-7-16(17(19,20)21)11-8-10(18)5-6-12(11)24-13-14(16)22-9(2)23-15(13)25/h5-6,8,24H,3-4,7H2,1-2H3,(H,22,23,25). The van der Waals surface area contributed by atoms with E-state index in [2.05, 4.69) is 15.3 Å². The van der Waals surface area contributed by atoms with Crippen LogP contribution < -0.4 is 10.9 Å². The molecule has 0 bridgehead atoms. The summed E-state index contributed by atoms with van der Waals surface area (Å²) < 4.78 is 43.3. The number of alkyl halides is 3.